The minimum Gasteiger partial charge on any atom is -0.493 e. The molecule has 182 valence electrons. The van der Waals surface area contributed by atoms with Crippen LogP contribution in [-0.2, 0) is 16.8 Å². The molecule has 8 nitrogen and oxygen atoms in total. The van der Waals surface area contributed by atoms with Crippen LogP contribution in [0.25, 0.3) is 0 Å². The third kappa shape index (κ3) is 3.72. The van der Waals surface area contributed by atoms with Crippen molar-refractivity contribution < 1.29 is 19.4 Å². The van der Waals surface area contributed by atoms with Crippen LogP contribution in [0.2, 0.25) is 5.02 Å². The van der Waals surface area contributed by atoms with Crippen LogP contribution >= 0.6 is 11.6 Å². The quantitative estimate of drug-likeness (QED) is 0.581. The monoisotopic (exact) mass is 487 g/mol. The van der Waals surface area contributed by atoms with E-state index < -0.39 is 16.9 Å². The van der Waals surface area contributed by atoms with Gasteiger partial charge in [-0.2, -0.15) is 5.10 Å². The molecule has 4 saturated carbocycles. The zero-order valence-corrected chi connectivity index (χ0v) is 20.2. The molecular weight excluding hydrogens is 458 g/mol. The number of hydrogen-bond donors (Lipinski definition) is 2. The first-order valence-electron chi connectivity index (χ1n) is 11.8. The summed E-state index contributed by atoms with van der Waals surface area (Å²) >= 11 is 6.52. The number of hydrogen-bond acceptors (Lipinski definition) is 6. The lowest BCUT2D eigenvalue weighted by molar-refractivity contribution is -0.173. The Hall–Kier alpha value is -2.74. The maximum absolute atomic E-state index is 13.3. The van der Waals surface area contributed by atoms with E-state index in [9.17, 15) is 14.7 Å². The number of anilines is 1. The number of benzene rings is 1. The first-order valence-corrected chi connectivity index (χ1v) is 12.1. The molecule has 4 aliphatic rings. The van der Waals surface area contributed by atoms with Gasteiger partial charge in [-0.1, -0.05) is 17.7 Å². The lowest BCUT2D eigenvalue weighted by Gasteiger charge is -2.60. The lowest BCUT2D eigenvalue weighted by Crippen LogP contribution is -2.61. The standard InChI is InChI=1S/C25H30ClN3O5/c1-33-19-4-3-15(8-20(19)34-2)5-6-27-18-13-28-29(22(30)21(18)26)25-11-16-7-17(12-25)10-24(9-16,14-25)23(31)32/h3-4,8,13,16-17,27H,5-7,9-12,14H2,1-2H3,(H,31,32)/t16-,17+,24?,25?. The summed E-state index contributed by atoms with van der Waals surface area (Å²) in [7, 11) is 3.20. The van der Waals surface area contributed by atoms with E-state index in [1.165, 1.54) is 4.68 Å². The summed E-state index contributed by atoms with van der Waals surface area (Å²) in [6, 6.07) is 5.75. The van der Waals surface area contributed by atoms with Gasteiger partial charge in [-0.15, -0.1) is 0 Å². The molecule has 2 aromatic rings. The summed E-state index contributed by atoms with van der Waals surface area (Å²) in [6.45, 7) is 0.553. The fourth-order valence-electron chi connectivity index (χ4n) is 6.98. The number of carbonyl (C=O) groups is 1. The molecule has 1 aromatic heterocycles. The second kappa shape index (κ2) is 8.48. The average molecular weight is 488 g/mol. The van der Waals surface area contributed by atoms with E-state index in [2.05, 4.69) is 10.4 Å². The number of ether oxygens (including phenoxy) is 2. The molecule has 4 atom stereocenters. The number of aliphatic carboxylic acids is 1. The van der Waals surface area contributed by atoms with Crippen molar-refractivity contribution in [2.45, 2.75) is 50.5 Å². The minimum absolute atomic E-state index is 0.0995. The average Bonchev–Trinajstić information content (AvgIpc) is 2.80. The fraction of sp³-hybridized carbons (Fsp3) is 0.560. The van der Waals surface area contributed by atoms with Crippen LogP contribution in [0.15, 0.2) is 29.2 Å². The topological polar surface area (TPSA) is 103 Å². The fourth-order valence-corrected chi connectivity index (χ4v) is 7.18. The van der Waals surface area contributed by atoms with Crippen molar-refractivity contribution in [1.82, 2.24) is 9.78 Å². The minimum atomic E-state index is -0.742. The Kier molecular flexibility index (Phi) is 5.74. The van der Waals surface area contributed by atoms with E-state index in [0.29, 0.717) is 61.3 Å². The smallest absolute Gasteiger partial charge is 0.309 e. The molecule has 9 heteroatoms. The van der Waals surface area contributed by atoms with Crippen LogP contribution in [0.3, 0.4) is 0 Å². The lowest BCUT2D eigenvalue weighted by atomic mass is 9.47. The van der Waals surface area contributed by atoms with Gasteiger partial charge in [0.05, 0.1) is 37.1 Å². The number of carboxylic acid groups (broad SMARTS) is 1. The summed E-state index contributed by atoms with van der Waals surface area (Å²) in [5, 5.41) is 17.8. The molecule has 4 fully saturated rings. The van der Waals surface area contributed by atoms with Gasteiger partial charge in [0.2, 0.25) is 0 Å². The molecule has 6 rings (SSSR count). The van der Waals surface area contributed by atoms with Gasteiger partial charge in [-0.3, -0.25) is 9.59 Å². The third-order valence-corrected chi connectivity index (χ3v) is 8.39. The maximum Gasteiger partial charge on any atom is 0.309 e. The number of aromatic nitrogens is 2. The van der Waals surface area contributed by atoms with Gasteiger partial charge in [0.15, 0.2) is 11.5 Å². The summed E-state index contributed by atoms with van der Waals surface area (Å²) in [4.78, 5) is 25.5. The van der Waals surface area contributed by atoms with Crippen molar-refractivity contribution in [3.8, 4) is 11.5 Å². The molecule has 1 aromatic carbocycles. The van der Waals surface area contributed by atoms with Crippen LogP contribution in [0.5, 0.6) is 11.5 Å². The Labute approximate surface area is 203 Å². The third-order valence-electron chi connectivity index (χ3n) is 8.03. The number of methoxy groups -OCH3 is 2. The molecule has 0 amide bonds. The molecule has 2 unspecified atom stereocenters. The molecule has 0 saturated heterocycles. The summed E-state index contributed by atoms with van der Waals surface area (Å²) in [5.41, 5.74) is -0.105. The highest BCUT2D eigenvalue weighted by atomic mass is 35.5. The van der Waals surface area contributed by atoms with Gasteiger partial charge in [-0.05, 0) is 74.5 Å². The number of nitrogens with one attached hydrogen (secondary N) is 1. The predicted molar refractivity (Wildman–Crippen MR) is 128 cm³/mol. The van der Waals surface area contributed by atoms with E-state index in [-0.39, 0.29) is 10.6 Å². The molecule has 0 radical (unpaired) electrons. The molecular formula is C25H30ClN3O5. The molecule has 0 aliphatic heterocycles. The summed E-state index contributed by atoms with van der Waals surface area (Å²) in [5.74, 6) is 1.24. The second-order valence-corrected chi connectivity index (χ2v) is 10.6. The van der Waals surface area contributed by atoms with Gasteiger partial charge in [-0.25, -0.2) is 4.68 Å². The number of nitrogens with zero attached hydrogens (tertiary/aromatic N) is 2. The van der Waals surface area contributed by atoms with E-state index in [1.54, 1.807) is 20.4 Å². The molecule has 4 aliphatic carbocycles. The number of halogens is 1. The van der Waals surface area contributed by atoms with Gasteiger partial charge < -0.3 is 19.9 Å². The predicted octanol–water partition coefficient (Wildman–Crippen LogP) is 3.95. The van der Waals surface area contributed by atoms with E-state index in [1.807, 2.05) is 18.2 Å². The summed E-state index contributed by atoms with van der Waals surface area (Å²) < 4.78 is 12.1. The largest absolute Gasteiger partial charge is 0.493 e. The molecule has 34 heavy (non-hydrogen) atoms. The van der Waals surface area contributed by atoms with E-state index >= 15 is 0 Å². The van der Waals surface area contributed by atoms with Crippen molar-refractivity contribution in [3.05, 3.63) is 45.3 Å². The van der Waals surface area contributed by atoms with Crippen LogP contribution in [0.4, 0.5) is 5.69 Å². The summed E-state index contributed by atoms with van der Waals surface area (Å²) in [6.07, 6.45) is 6.81. The van der Waals surface area contributed by atoms with Crippen molar-refractivity contribution in [1.29, 1.82) is 0 Å². The Morgan fingerprint density at radius 1 is 1.21 bits per heavy atom. The Morgan fingerprint density at radius 3 is 2.56 bits per heavy atom. The van der Waals surface area contributed by atoms with E-state index in [4.69, 9.17) is 21.1 Å². The normalized spacial score (nSPS) is 29.1. The van der Waals surface area contributed by atoms with Gasteiger partial charge in [0.1, 0.15) is 5.02 Å². The zero-order valence-electron chi connectivity index (χ0n) is 19.5. The Morgan fingerprint density at radius 2 is 1.91 bits per heavy atom. The number of carboxylic acids is 1. The molecule has 4 bridgehead atoms. The van der Waals surface area contributed by atoms with Gasteiger partial charge in [0, 0.05) is 6.54 Å². The Balaban J connectivity index is 1.34. The Bertz CT molecular complexity index is 1170. The first kappa shape index (κ1) is 23.0. The maximum atomic E-state index is 13.3. The van der Waals surface area contributed by atoms with E-state index in [0.717, 1.165) is 24.8 Å². The molecule has 1 heterocycles. The van der Waals surface area contributed by atoms with Crippen molar-refractivity contribution in [2.75, 3.05) is 26.1 Å². The van der Waals surface area contributed by atoms with Gasteiger partial charge >= 0.3 is 5.97 Å². The zero-order chi connectivity index (χ0) is 24.1. The highest BCUT2D eigenvalue weighted by Crippen LogP contribution is 2.63. The molecule has 0 spiro atoms. The van der Waals surface area contributed by atoms with Gasteiger partial charge in [0.25, 0.3) is 5.56 Å². The van der Waals surface area contributed by atoms with Crippen LogP contribution in [0, 0.1) is 17.3 Å². The SMILES string of the molecule is COc1ccc(CCNc2cnn(C34C[C@@H]5C[C@@H](CC(C(=O)O)(C5)C3)C4)c(=O)c2Cl)cc1OC. The van der Waals surface area contributed by atoms with Crippen LogP contribution in [0.1, 0.15) is 44.1 Å². The van der Waals surface area contributed by atoms with Crippen molar-refractivity contribution >= 4 is 23.3 Å². The first-order chi connectivity index (χ1) is 16.3. The number of rotatable bonds is 8. The van der Waals surface area contributed by atoms with Crippen molar-refractivity contribution in [2.24, 2.45) is 17.3 Å². The van der Waals surface area contributed by atoms with Crippen LogP contribution < -0.4 is 20.3 Å². The highest BCUT2D eigenvalue weighted by Gasteiger charge is 2.62. The highest BCUT2D eigenvalue weighted by molar-refractivity contribution is 6.32. The van der Waals surface area contributed by atoms with Crippen LogP contribution in [-0.4, -0.2) is 41.6 Å². The molecule has 2 N–H and O–H groups in total. The second-order valence-electron chi connectivity index (χ2n) is 10.2. The van der Waals surface area contributed by atoms with Crippen molar-refractivity contribution in [3.63, 3.8) is 0 Å².